The molecule has 4 nitrogen and oxygen atoms in total. The largest absolute Gasteiger partial charge is 0.324 e. The number of aromatic nitrogens is 2. The first-order chi connectivity index (χ1) is 7.72. The van der Waals surface area contributed by atoms with Crippen molar-refractivity contribution in [3.05, 3.63) is 52.6 Å². The second kappa shape index (κ2) is 4.28. The van der Waals surface area contributed by atoms with Crippen LogP contribution in [0.1, 0.15) is 5.82 Å². The summed E-state index contributed by atoms with van der Waals surface area (Å²) in [5.41, 5.74) is 7.05. The molecule has 0 spiro atoms. The van der Waals surface area contributed by atoms with Gasteiger partial charge in [0.25, 0.3) is 5.56 Å². The van der Waals surface area contributed by atoms with Gasteiger partial charge in [0.05, 0.1) is 12.2 Å². The zero-order valence-electron chi connectivity index (χ0n) is 9.05. The third kappa shape index (κ3) is 1.87. The van der Waals surface area contributed by atoms with Crippen LogP contribution in [-0.4, -0.2) is 9.55 Å². The van der Waals surface area contributed by atoms with Crippen molar-refractivity contribution in [2.75, 3.05) is 0 Å². The molecule has 2 rings (SSSR count). The van der Waals surface area contributed by atoms with Crippen LogP contribution in [0, 0.1) is 0 Å². The summed E-state index contributed by atoms with van der Waals surface area (Å²) in [6.45, 7) is 0.256. The molecule has 2 aromatic rings. The number of nitrogens with two attached hydrogens (primary N) is 1. The van der Waals surface area contributed by atoms with Crippen LogP contribution in [0.5, 0.6) is 0 Å². The van der Waals surface area contributed by atoms with Crippen LogP contribution in [-0.2, 0) is 13.6 Å². The predicted octanol–water partition coefficient (Wildman–Crippen LogP) is 0.906. The molecular weight excluding hydrogens is 202 g/mol. The normalized spacial score (nSPS) is 10.4. The summed E-state index contributed by atoms with van der Waals surface area (Å²) >= 11 is 0. The van der Waals surface area contributed by atoms with E-state index in [1.54, 1.807) is 7.05 Å². The predicted molar refractivity (Wildman–Crippen MR) is 62.8 cm³/mol. The fraction of sp³-hybridized carbons (Fsp3) is 0.167. The molecule has 0 aliphatic rings. The molecule has 82 valence electrons. The minimum absolute atomic E-state index is 0.0886. The molecule has 0 saturated carbocycles. The van der Waals surface area contributed by atoms with E-state index in [4.69, 9.17) is 5.73 Å². The molecule has 0 amide bonds. The van der Waals surface area contributed by atoms with Gasteiger partial charge in [-0.1, -0.05) is 30.3 Å². The highest BCUT2D eigenvalue weighted by molar-refractivity contribution is 5.58. The molecule has 0 aliphatic heterocycles. The third-order valence-corrected chi connectivity index (χ3v) is 2.48. The summed E-state index contributed by atoms with van der Waals surface area (Å²) < 4.78 is 1.46. The van der Waals surface area contributed by atoms with Gasteiger partial charge in [0.2, 0.25) is 0 Å². The lowest BCUT2D eigenvalue weighted by molar-refractivity contribution is 0.729. The molecule has 0 atom stereocenters. The molecule has 4 heteroatoms. The molecule has 0 aliphatic carbocycles. The van der Waals surface area contributed by atoms with Crippen LogP contribution >= 0.6 is 0 Å². The summed E-state index contributed by atoms with van der Waals surface area (Å²) in [5.74, 6) is 0.589. The summed E-state index contributed by atoms with van der Waals surface area (Å²) in [5, 5.41) is 0. The van der Waals surface area contributed by atoms with Crippen molar-refractivity contribution in [3.63, 3.8) is 0 Å². The molecule has 1 aromatic carbocycles. The fourth-order valence-corrected chi connectivity index (χ4v) is 1.53. The topological polar surface area (TPSA) is 60.9 Å². The smallest absolute Gasteiger partial charge is 0.253 e. The lowest BCUT2D eigenvalue weighted by Crippen LogP contribution is -2.23. The number of hydrogen-bond acceptors (Lipinski definition) is 3. The van der Waals surface area contributed by atoms with Crippen molar-refractivity contribution in [2.45, 2.75) is 6.54 Å². The van der Waals surface area contributed by atoms with E-state index < -0.39 is 0 Å². The van der Waals surface area contributed by atoms with Crippen LogP contribution in [0.3, 0.4) is 0 Å². The maximum absolute atomic E-state index is 11.7. The van der Waals surface area contributed by atoms with E-state index in [2.05, 4.69) is 4.98 Å². The van der Waals surface area contributed by atoms with Gasteiger partial charge in [-0.2, -0.15) is 0 Å². The highest BCUT2D eigenvalue weighted by Gasteiger charge is 2.05. The maximum atomic E-state index is 11.7. The molecule has 0 bridgehead atoms. The molecular formula is C12H13N3O. The Morgan fingerprint density at radius 1 is 1.31 bits per heavy atom. The van der Waals surface area contributed by atoms with Gasteiger partial charge in [0, 0.05) is 18.7 Å². The number of rotatable bonds is 2. The van der Waals surface area contributed by atoms with Crippen LogP contribution < -0.4 is 11.3 Å². The van der Waals surface area contributed by atoms with Gasteiger partial charge < -0.3 is 5.73 Å². The Bertz CT molecular complexity index is 546. The first kappa shape index (κ1) is 10.6. The minimum Gasteiger partial charge on any atom is -0.324 e. The first-order valence-electron chi connectivity index (χ1n) is 5.05. The summed E-state index contributed by atoms with van der Waals surface area (Å²) in [6, 6.07) is 11.1. The fourth-order valence-electron chi connectivity index (χ4n) is 1.53. The molecule has 1 aromatic heterocycles. The lowest BCUT2D eigenvalue weighted by Gasteiger charge is -2.07. The monoisotopic (exact) mass is 215 g/mol. The highest BCUT2D eigenvalue weighted by Crippen LogP contribution is 2.14. The van der Waals surface area contributed by atoms with Crippen molar-refractivity contribution in [1.29, 1.82) is 0 Å². The van der Waals surface area contributed by atoms with E-state index >= 15 is 0 Å². The van der Waals surface area contributed by atoms with Crippen LogP contribution in [0.15, 0.2) is 41.2 Å². The third-order valence-electron chi connectivity index (χ3n) is 2.48. The SMILES string of the molecule is Cn1c(CN)nc(-c2ccccc2)cc1=O. The minimum atomic E-state index is -0.0886. The van der Waals surface area contributed by atoms with Gasteiger partial charge in [-0.3, -0.25) is 9.36 Å². The Labute approximate surface area is 93.4 Å². The molecule has 0 unspecified atom stereocenters. The first-order valence-corrected chi connectivity index (χ1v) is 5.05. The lowest BCUT2D eigenvalue weighted by atomic mass is 10.1. The summed E-state index contributed by atoms with van der Waals surface area (Å²) in [4.78, 5) is 16.0. The molecule has 1 heterocycles. The Hall–Kier alpha value is -1.94. The zero-order valence-corrected chi connectivity index (χ0v) is 9.05. The van der Waals surface area contributed by atoms with Gasteiger partial charge in [-0.15, -0.1) is 0 Å². The number of hydrogen-bond donors (Lipinski definition) is 1. The average Bonchev–Trinajstić information content (AvgIpc) is 2.33. The van der Waals surface area contributed by atoms with Gasteiger partial charge in [0.1, 0.15) is 5.82 Å². The van der Waals surface area contributed by atoms with Gasteiger partial charge in [0.15, 0.2) is 0 Å². The molecule has 16 heavy (non-hydrogen) atoms. The Balaban J connectivity index is 2.60. The zero-order chi connectivity index (χ0) is 11.5. The second-order valence-corrected chi connectivity index (χ2v) is 3.53. The Morgan fingerprint density at radius 3 is 2.62 bits per heavy atom. The van der Waals surface area contributed by atoms with E-state index in [0.29, 0.717) is 11.5 Å². The van der Waals surface area contributed by atoms with E-state index in [1.807, 2.05) is 30.3 Å². The van der Waals surface area contributed by atoms with E-state index in [0.717, 1.165) is 5.56 Å². The van der Waals surface area contributed by atoms with Crippen LogP contribution in [0.2, 0.25) is 0 Å². The Kier molecular flexibility index (Phi) is 2.83. The quantitative estimate of drug-likeness (QED) is 0.809. The number of benzene rings is 1. The standard InChI is InChI=1S/C12H13N3O/c1-15-11(8-13)14-10(7-12(15)16)9-5-3-2-4-6-9/h2-7H,8,13H2,1H3. The average molecular weight is 215 g/mol. The van der Waals surface area contributed by atoms with E-state index in [9.17, 15) is 4.79 Å². The van der Waals surface area contributed by atoms with Crippen LogP contribution in [0.25, 0.3) is 11.3 Å². The van der Waals surface area contributed by atoms with Crippen molar-refractivity contribution in [1.82, 2.24) is 9.55 Å². The van der Waals surface area contributed by atoms with Gasteiger partial charge in [-0.05, 0) is 0 Å². The Morgan fingerprint density at radius 2 is 2.00 bits per heavy atom. The molecule has 0 saturated heterocycles. The maximum Gasteiger partial charge on any atom is 0.253 e. The molecule has 0 fully saturated rings. The number of nitrogens with zero attached hydrogens (tertiary/aromatic N) is 2. The highest BCUT2D eigenvalue weighted by atomic mass is 16.1. The van der Waals surface area contributed by atoms with Crippen molar-refractivity contribution < 1.29 is 0 Å². The van der Waals surface area contributed by atoms with Gasteiger partial charge >= 0.3 is 0 Å². The summed E-state index contributed by atoms with van der Waals surface area (Å²) in [7, 11) is 1.67. The van der Waals surface area contributed by atoms with Crippen LogP contribution in [0.4, 0.5) is 0 Å². The van der Waals surface area contributed by atoms with Crippen molar-refractivity contribution >= 4 is 0 Å². The molecule has 2 N–H and O–H groups in total. The van der Waals surface area contributed by atoms with E-state index in [1.165, 1.54) is 10.6 Å². The van der Waals surface area contributed by atoms with Crippen molar-refractivity contribution in [3.8, 4) is 11.3 Å². The van der Waals surface area contributed by atoms with E-state index in [-0.39, 0.29) is 12.1 Å². The second-order valence-electron chi connectivity index (χ2n) is 3.53. The van der Waals surface area contributed by atoms with Crippen molar-refractivity contribution in [2.24, 2.45) is 12.8 Å². The molecule has 0 radical (unpaired) electrons. The van der Waals surface area contributed by atoms with Gasteiger partial charge in [-0.25, -0.2) is 4.98 Å². The summed E-state index contributed by atoms with van der Waals surface area (Å²) in [6.07, 6.45) is 0.